The molecule has 0 spiro atoms. The highest BCUT2D eigenvalue weighted by Gasteiger charge is 2.15. The molecule has 6 heteroatoms. The van der Waals surface area contributed by atoms with Gasteiger partial charge in [0.05, 0.1) is 13.1 Å². The summed E-state index contributed by atoms with van der Waals surface area (Å²) in [7, 11) is 4.24. The second kappa shape index (κ2) is 13.1. The second-order valence-electron chi connectivity index (χ2n) is 9.97. The molecule has 2 aliphatic heterocycles. The van der Waals surface area contributed by atoms with Crippen LogP contribution in [0.5, 0.6) is 0 Å². The fraction of sp³-hybridized carbons (Fsp3) is 0.355. The first-order valence-corrected chi connectivity index (χ1v) is 12.8. The van der Waals surface area contributed by atoms with Crippen LogP contribution in [0.4, 0.5) is 0 Å². The van der Waals surface area contributed by atoms with Gasteiger partial charge >= 0.3 is 0 Å². The molecule has 0 N–H and O–H groups in total. The van der Waals surface area contributed by atoms with Crippen molar-refractivity contribution in [1.82, 2.24) is 9.80 Å². The van der Waals surface area contributed by atoms with Gasteiger partial charge in [0.25, 0.3) is 0 Å². The Morgan fingerprint density at radius 1 is 0.568 bits per heavy atom. The number of halogens is 2. The van der Waals surface area contributed by atoms with Gasteiger partial charge in [-0.3, -0.25) is 9.98 Å². The quantitative estimate of drug-likeness (QED) is 0.364. The van der Waals surface area contributed by atoms with E-state index in [-0.39, 0.29) is 24.8 Å². The first-order chi connectivity index (χ1) is 17.0. The summed E-state index contributed by atoms with van der Waals surface area (Å²) in [6.45, 7) is 6.06. The molecule has 37 heavy (non-hydrogen) atoms. The summed E-state index contributed by atoms with van der Waals surface area (Å²) in [5.41, 5.74) is 9.44. The van der Waals surface area contributed by atoms with E-state index in [9.17, 15) is 0 Å². The van der Waals surface area contributed by atoms with E-state index < -0.39 is 0 Å². The molecule has 4 nitrogen and oxygen atoms in total. The standard InChI is InChI=1S/C31H36N4.2ClH/c1-23-20-26(6-4-24-8-12-28(13-9-24)30-32-16-18-34(30)2)22-27(21-23)7-5-25-10-14-29(15-11-25)31-33-17-19-35(31)3;;/h8-15,20-22H,4-7,16-19H2,1-3H3;2*1H. The molecule has 0 bridgehead atoms. The minimum absolute atomic E-state index is 0. The summed E-state index contributed by atoms with van der Waals surface area (Å²) < 4.78 is 0. The molecule has 0 aromatic heterocycles. The number of hydrogen-bond donors (Lipinski definition) is 0. The molecule has 0 saturated carbocycles. The lowest BCUT2D eigenvalue weighted by molar-refractivity contribution is 0.557. The third-order valence-corrected chi connectivity index (χ3v) is 7.14. The van der Waals surface area contributed by atoms with Crippen molar-refractivity contribution in [2.45, 2.75) is 32.6 Å². The molecule has 2 heterocycles. The molecular formula is C31H38Cl2N4. The maximum Gasteiger partial charge on any atom is 0.130 e. The fourth-order valence-corrected chi connectivity index (χ4v) is 5.14. The number of hydrogen-bond acceptors (Lipinski definition) is 4. The van der Waals surface area contributed by atoms with Crippen molar-refractivity contribution in [1.29, 1.82) is 0 Å². The van der Waals surface area contributed by atoms with Gasteiger partial charge in [-0.1, -0.05) is 72.3 Å². The molecule has 3 aromatic rings. The van der Waals surface area contributed by atoms with E-state index in [1.807, 2.05) is 0 Å². The predicted molar refractivity (Wildman–Crippen MR) is 161 cm³/mol. The Morgan fingerprint density at radius 2 is 0.946 bits per heavy atom. The molecule has 0 atom stereocenters. The van der Waals surface area contributed by atoms with Gasteiger partial charge in [-0.05, 0) is 54.9 Å². The van der Waals surface area contributed by atoms with E-state index in [0.717, 1.165) is 63.5 Å². The number of likely N-dealkylation sites (N-methyl/N-ethyl adjacent to an activating group) is 2. The van der Waals surface area contributed by atoms with Gasteiger partial charge in [-0.25, -0.2) is 0 Å². The van der Waals surface area contributed by atoms with E-state index >= 15 is 0 Å². The van der Waals surface area contributed by atoms with Crippen LogP contribution in [-0.4, -0.2) is 61.7 Å². The Kier molecular flexibility index (Phi) is 10.2. The normalized spacial score (nSPS) is 14.7. The molecule has 0 radical (unpaired) electrons. The highest BCUT2D eigenvalue weighted by molar-refractivity contribution is 6.00. The summed E-state index contributed by atoms with van der Waals surface area (Å²) in [5.74, 6) is 2.24. The molecule has 0 amide bonds. The van der Waals surface area contributed by atoms with Gasteiger partial charge in [0, 0.05) is 38.3 Å². The van der Waals surface area contributed by atoms with Gasteiger partial charge in [0.15, 0.2) is 0 Å². The van der Waals surface area contributed by atoms with Crippen molar-refractivity contribution in [3.8, 4) is 0 Å². The Morgan fingerprint density at radius 3 is 1.30 bits per heavy atom. The van der Waals surface area contributed by atoms with Crippen LogP contribution in [0.2, 0.25) is 0 Å². The molecule has 2 aliphatic rings. The summed E-state index contributed by atoms with van der Waals surface area (Å²) in [6.07, 6.45) is 4.26. The van der Waals surface area contributed by atoms with Crippen molar-refractivity contribution in [3.05, 3.63) is 106 Å². The minimum Gasteiger partial charge on any atom is -0.358 e. The minimum atomic E-state index is 0. The predicted octanol–water partition coefficient (Wildman–Crippen LogP) is 5.79. The Labute approximate surface area is 234 Å². The van der Waals surface area contributed by atoms with Crippen LogP contribution in [0.1, 0.15) is 38.9 Å². The van der Waals surface area contributed by atoms with E-state index in [1.54, 1.807) is 0 Å². The second-order valence-corrected chi connectivity index (χ2v) is 9.97. The summed E-state index contributed by atoms with van der Waals surface area (Å²) in [5, 5.41) is 0. The lowest BCUT2D eigenvalue weighted by Crippen LogP contribution is -2.23. The first-order valence-electron chi connectivity index (χ1n) is 12.8. The van der Waals surface area contributed by atoms with Gasteiger partial charge in [0.1, 0.15) is 11.7 Å². The molecule has 0 saturated heterocycles. The maximum atomic E-state index is 4.63. The maximum absolute atomic E-state index is 4.63. The highest BCUT2D eigenvalue weighted by atomic mass is 35.5. The third kappa shape index (κ3) is 7.15. The largest absolute Gasteiger partial charge is 0.358 e. The molecule has 0 aliphatic carbocycles. The molecule has 0 unspecified atom stereocenters. The molecular weight excluding hydrogens is 499 g/mol. The van der Waals surface area contributed by atoms with E-state index in [0.29, 0.717) is 0 Å². The number of aliphatic imine (C=N–C) groups is 2. The van der Waals surface area contributed by atoms with Gasteiger partial charge in [-0.2, -0.15) is 0 Å². The zero-order valence-corrected chi connectivity index (χ0v) is 23.7. The van der Waals surface area contributed by atoms with Gasteiger partial charge < -0.3 is 9.80 Å². The zero-order valence-electron chi connectivity index (χ0n) is 22.1. The fourth-order valence-electron chi connectivity index (χ4n) is 5.14. The molecule has 3 aromatic carbocycles. The monoisotopic (exact) mass is 536 g/mol. The van der Waals surface area contributed by atoms with E-state index in [1.165, 1.54) is 38.9 Å². The van der Waals surface area contributed by atoms with E-state index in [4.69, 9.17) is 0 Å². The average molecular weight is 538 g/mol. The van der Waals surface area contributed by atoms with Crippen LogP contribution < -0.4 is 0 Å². The molecule has 196 valence electrons. The number of nitrogens with zero attached hydrogens (tertiary/aromatic N) is 4. The van der Waals surface area contributed by atoms with Crippen molar-refractivity contribution in [2.24, 2.45) is 9.98 Å². The van der Waals surface area contributed by atoms with Crippen molar-refractivity contribution < 1.29 is 0 Å². The Hall–Kier alpha value is -2.82. The number of aryl methyl sites for hydroxylation is 5. The lowest BCUT2D eigenvalue weighted by Gasteiger charge is -2.14. The summed E-state index contributed by atoms with van der Waals surface area (Å²) >= 11 is 0. The average Bonchev–Trinajstić information content (AvgIpc) is 3.50. The summed E-state index contributed by atoms with van der Waals surface area (Å²) in [6, 6.07) is 25.0. The van der Waals surface area contributed by atoms with Crippen molar-refractivity contribution in [2.75, 3.05) is 40.3 Å². The first kappa shape index (κ1) is 28.7. The number of rotatable bonds is 8. The topological polar surface area (TPSA) is 31.2 Å². The van der Waals surface area contributed by atoms with E-state index in [2.05, 4.69) is 108 Å². The van der Waals surface area contributed by atoms with Crippen LogP contribution in [-0.2, 0) is 25.7 Å². The van der Waals surface area contributed by atoms with Gasteiger partial charge in [0.2, 0.25) is 0 Å². The Balaban J connectivity index is 0.00000190. The van der Waals surface area contributed by atoms with Crippen LogP contribution in [0.25, 0.3) is 0 Å². The van der Waals surface area contributed by atoms with Crippen molar-refractivity contribution in [3.63, 3.8) is 0 Å². The van der Waals surface area contributed by atoms with Crippen LogP contribution in [0.15, 0.2) is 76.7 Å². The summed E-state index contributed by atoms with van der Waals surface area (Å²) in [4.78, 5) is 13.7. The highest BCUT2D eigenvalue weighted by Crippen LogP contribution is 2.18. The molecule has 0 fully saturated rings. The lowest BCUT2D eigenvalue weighted by atomic mass is 9.96. The zero-order chi connectivity index (χ0) is 24.2. The molecule has 5 rings (SSSR count). The third-order valence-electron chi connectivity index (χ3n) is 7.14. The SMILES string of the molecule is Cc1cc(CCc2ccc(C3=NCCN3C)cc2)cc(CCc2ccc(C3=NCCN3C)cc2)c1.Cl.Cl. The van der Waals surface area contributed by atoms with Crippen molar-refractivity contribution >= 4 is 36.5 Å². The van der Waals surface area contributed by atoms with Crippen LogP contribution >= 0.6 is 24.8 Å². The number of amidine groups is 2. The smallest absolute Gasteiger partial charge is 0.130 e. The van der Waals surface area contributed by atoms with Crippen LogP contribution in [0, 0.1) is 6.92 Å². The Bertz CT molecular complexity index is 1140. The number of benzene rings is 3. The van der Waals surface area contributed by atoms with Crippen LogP contribution in [0.3, 0.4) is 0 Å². The van der Waals surface area contributed by atoms with Gasteiger partial charge in [-0.15, -0.1) is 24.8 Å².